The molecule has 2 N–H and O–H groups in total. The summed E-state index contributed by atoms with van der Waals surface area (Å²) in [6.45, 7) is 0.520. The van der Waals surface area contributed by atoms with Gasteiger partial charge >= 0.3 is 0 Å². The molecule has 1 aromatic carbocycles. The Morgan fingerprint density at radius 1 is 1.33 bits per heavy atom. The maximum absolute atomic E-state index is 13.6. The first-order valence-corrected chi connectivity index (χ1v) is 5.98. The van der Waals surface area contributed by atoms with Crippen LogP contribution >= 0.6 is 0 Å². The molecule has 0 amide bonds. The van der Waals surface area contributed by atoms with Crippen LogP contribution in [0.4, 0.5) is 14.5 Å². The van der Waals surface area contributed by atoms with Crippen LogP contribution in [0.3, 0.4) is 0 Å². The summed E-state index contributed by atoms with van der Waals surface area (Å²) in [7, 11) is 1.29. The Bertz CT molecular complexity index is 428. The third-order valence-electron chi connectivity index (χ3n) is 3.64. The SMILES string of the molecule is COc1cc(F)c(NCC2(CO)CCC2)cc1F. The molecule has 0 saturated heterocycles. The third-order valence-corrected chi connectivity index (χ3v) is 3.64. The molecule has 0 bridgehead atoms. The van der Waals surface area contributed by atoms with Gasteiger partial charge < -0.3 is 15.2 Å². The van der Waals surface area contributed by atoms with Crippen molar-refractivity contribution in [1.29, 1.82) is 0 Å². The molecule has 0 aromatic heterocycles. The summed E-state index contributed by atoms with van der Waals surface area (Å²) >= 11 is 0. The molecular formula is C13H17F2NO2. The molecule has 0 radical (unpaired) electrons. The number of methoxy groups -OCH3 is 1. The molecule has 0 unspecified atom stereocenters. The van der Waals surface area contributed by atoms with E-state index in [0.717, 1.165) is 31.4 Å². The molecule has 2 rings (SSSR count). The second-order valence-electron chi connectivity index (χ2n) is 4.83. The molecule has 100 valence electrons. The molecule has 1 aromatic rings. The number of benzene rings is 1. The van der Waals surface area contributed by atoms with Crippen molar-refractivity contribution in [3.05, 3.63) is 23.8 Å². The van der Waals surface area contributed by atoms with E-state index in [2.05, 4.69) is 5.32 Å². The van der Waals surface area contributed by atoms with Gasteiger partial charge in [0.15, 0.2) is 11.6 Å². The van der Waals surface area contributed by atoms with E-state index in [0.29, 0.717) is 6.54 Å². The predicted octanol–water partition coefficient (Wildman–Crippen LogP) is 2.55. The van der Waals surface area contributed by atoms with Crippen LogP contribution in [0.2, 0.25) is 0 Å². The molecule has 0 heterocycles. The van der Waals surface area contributed by atoms with Crippen molar-refractivity contribution >= 4 is 5.69 Å². The lowest BCUT2D eigenvalue weighted by molar-refractivity contribution is 0.0576. The molecule has 3 nitrogen and oxygen atoms in total. The number of halogens is 2. The number of ether oxygens (including phenoxy) is 1. The summed E-state index contributed by atoms with van der Waals surface area (Å²) in [4.78, 5) is 0. The number of aliphatic hydroxyl groups is 1. The highest BCUT2D eigenvalue weighted by Crippen LogP contribution is 2.40. The molecule has 1 aliphatic rings. The minimum Gasteiger partial charge on any atom is -0.494 e. The Morgan fingerprint density at radius 3 is 2.56 bits per heavy atom. The molecule has 18 heavy (non-hydrogen) atoms. The predicted molar refractivity (Wildman–Crippen MR) is 64.8 cm³/mol. The van der Waals surface area contributed by atoms with Crippen LogP contribution in [0.5, 0.6) is 5.75 Å². The van der Waals surface area contributed by atoms with Crippen LogP contribution in [0, 0.1) is 17.0 Å². The van der Waals surface area contributed by atoms with Crippen LogP contribution < -0.4 is 10.1 Å². The molecule has 1 saturated carbocycles. The zero-order valence-corrected chi connectivity index (χ0v) is 10.3. The first-order valence-electron chi connectivity index (χ1n) is 5.98. The molecule has 0 spiro atoms. The number of hydrogen-bond donors (Lipinski definition) is 2. The largest absolute Gasteiger partial charge is 0.494 e. The number of aliphatic hydroxyl groups excluding tert-OH is 1. The first-order chi connectivity index (χ1) is 8.60. The zero-order valence-electron chi connectivity index (χ0n) is 10.3. The topological polar surface area (TPSA) is 41.5 Å². The van der Waals surface area contributed by atoms with Crippen LogP contribution in [-0.2, 0) is 0 Å². The molecule has 0 atom stereocenters. The highest BCUT2D eigenvalue weighted by Gasteiger charge is 2.36. The minimum atomic E-state index is -0.604. The standard InChI is InChI=1S/C13H17F2NO2/c1-18-12-6-9(14)11(5-10(12)15)16-7-13(8-17)3-2-4-13/h5-6,16-17H,2-4,7-8H2,1H3. The van der Waals surface area contributed by atoms with Gasteiger partial charge in [-0.3, -0.25) is 0 Å². The van der Waals surface area contributed by atoms with E-state index in [1.165, 1.54) is 7.11 Å². The summed E-state index contributed by atoms with van der Waals surface area (Å²) in [5, 5.41) is 12.2. The lowest BCUT2D eigenvalue weighted by Crippen LogP contribution is -2.39. The van der Waals surface area contributed by atoms with E-state index in [9.17, 15) is 13.9 Å². The van der Waals surface area contributed by atoms with Crippen LogP contribution in [0.15, 0.2) is 12.1 Å². The van der Waals surface area contributed by atoms with Gasteiger partial charge in [-0.05, 0) is 12.8 Å². The second-order valence-corrected chi connectivity index (χ2v) is 4.83. The summed E-state index contributed by atoms with van der Waals surface area (Å²) < 4.78 is 31.8. The van der Waals surface area contributed by atoms with Crippen LogP contribution in [0.25, 0.3) is 0 Å². The van der Waals surface area contributed by atoms with Crippen molar-refractivity contribution in [2.45, 2.75) is 19.3 Å². The Labute approximate surface area is 105 Å². The van der Waals surface area contributed by atoms with Gasteiger partial charge in [0.05, 0.1) is 19.4 Å². The average molecular weight is 257 g/mol. The van der Waals surface area contributed by atoms with E-state index in [-0.39, 0.29) is 23.5 Å². The van der Waals surface area contributed by atoms with Gasteiger partial charge in [0.2, 0.25) is 0 Å². The normalized spacial score (nSPS) is 17.1. The Hall–Kier alpha value is -1.36. The maximum atomic E-state index is 13.6. The minimum absolute atomic E-state index is 0.0697. The lowest BCUT2D eigenvalue weighted by Gasteiger charge is -2.40. The Kier molecular flexibility index (Phi) is 3.71. The monoisotopic (exact) mass is 257 g/mol. The van der Waals surface area contributed by atoms with E-state index >= 15 is 0 Å². The zero-order chi connectivity index (χ0) is 13.2. The van der Waals surface area contributed by atoms with Crippen molar-refractivity contribution in [3.8, 4) is 5.75 Å². The number of rotatable bonds is 5. The van der Waals surface area contributed by atoms with Crippen molar-refractivity contribution < 1.29 is 18.6 Å². The van der Waals surface area contributed by atoms with E-state index in [4.69, 9.17) is 4.74 Å². The number of anilines is 1. The van der Waals surface area contributed by atoms with Gasteiger partial charge in [-0.2, -0.15) is 0 Å². The van der Waals surface area contributed by atoms with Gasteiger partial charge in [-0.25, -0.2) is 8.78 Å². The van der Waals surface area contributed by atoms with Crippen LogP contribution in [-0.4, -0.2) is 25.4 Å². The van der Waals surface area contributed by atoms with Gasteiger partial charge in [0, 0.05) is 24.1 Å². The van der Waals surface area contributed by atoms with Gasteiger partial charge in [-0.1, -0.05) is 6.42 Å². The number of nitrogens with one attached hydrogen (secondary N) is 1. The molecular weight excluding hydrogens is 240 g/mol. The first kappa shape index (κ1) is 13.1. The maximum Gasteiger partial charge on any atom is 0.167 e. The highest BCUT2D eigenvalue weighted by molar-refractivity contribution is 5.49. The van der Waals surface area contributed by atoms with Crippen molar-refractivity contribution in [2.75, 3.05) is 25.6 Å². The Balaban J connectivity index is 2.07. The summed E-state index contributed by atoms with van der Waals surface area (Å²) in [5.74, 6) is -1.27. The smallest absolute Gasteiger partial charge is 0.167 e. The second kappa shape index (κ2) is 5.10. The van der Waals surface area contributed by atoms with Gasteiger partial charge in [0.1, 0.15) is 5.82 Å². The quantitative estimate of drug-likeness (QED) is 0.851. The van der Waals surface area contributed by atoms with Crippen molar-refractivity contribution in [2.24, 2.45) is 5.41 Å². The van der Waals surface area contributed by atoms with Gasteiger partial charge in [-0.15, -0.1) is 0 Å². The molecule has 1 aliphatic carbocycles. The average Bonchev–Trinajstić information content (AvgIpc) is 2.32. The summed E-state index contributed by atoms with van der Waals surface area (Å²) in [6, 6.07) is 2.10. The Morgan fingerprint density at radius 2 is 2.06 bits per heavy atom. The number of hydrogen-bond acceptors (Lipinski definition) is 3. The van der Waals surface area contributed by atoms with E-state index in [1.54, 1.807) is 0 Å². The summed E-state index contributed by atoms with van der Waals surface area (Å²) in [6.07, 6.45) is 2.90. The van der Waals surface area contributed by atoms with Crippen molar-refractivity contribution in [3.63, 3.8) is 0 Å². The van der Waals surface area contributed by atoms with E-state index in [1.807, 2.05) is 0 Å². The fourth-order valence-corrected chi connectivity index (χ4v) is 2.17. The molecule has 1 fully saturated rings. The molecule has 0 aliphatic heterocycles. The van der Waals surface area contributed by atoms with Gasteiger partial charge in [0.25, 0.3) is 0 Å². The third kappa shape index (κ3) is 2.41. The van der Waals surface area contributed by atoms with Crippen LogP contribution in [0.1, 0.15) is 19.3 Å². The highest BCUT2D eigenvalue weighted by atomic mass is 19.1. The van der Waals surface area contributed by atoms with E-state index < -0.39 is 11.6 Å². The van der Waals surface area contributed by atoms with Crippen molar-refractivity contribution in [1.82, 2.24) is 0 Å². The fourth-order valence-electron chi connectivity index (χ4n) is 2.17. The summed E-state index contributed by atoms with van der Waals surface area (Å²) in [5.41, 5.74) is -0.0731. The molecule has 5 heteroatoms. The lowest BCUT2D eigenvalue weighted by atomic mass is 9.69. The fraction of sp³-hybridized carbons (Fsp3) is 0.538.